The lowest BCUT2D eigenvalue weighted by atomic mass is 10.1. The summed E-state index contributed by atoms with van der Waals surface area (Å²) in [6.07, 6.45) is 0. The van der Waals surface area contributed by atoms with E-state index < -0.39 is 17.7 Å². The second kappa shape index (κ2) is 8.01. The van der Waals surface area contributed by atoms with Crippen molar-refractivity contribution in [1.82, 2.24) is 0 Å². The number of carbonyl (C=O) groups excluding carboxylic acids is 2. The van der Waals surface area contributed by atoms with Crippen molar-refractivity contribution in [2.45, 2.75) is 0 Å². The molecule has 140 valence electrons. The number of aromatic hydroxyl groups is 2. The Labute approximate surface area is 159 Å². The zero-order valence-electron chi connectivity index (χ0n) is 14.0. The fourth-order valence-corrected chi connectivity index (χ4v) is 2.65. The van der Waals surface area contributed by atoms with Crippen LogP contribution in [-0.4, -0.2) is 42.0 Å². The van der Waals surface area contributed by atoms with Gasteiger partial charge < -0.3 is 24.4 Å². The number of ether oxygens (including phenoxy) is 3. The van der Waals surface area contributed by atoms with Gasteiger partial charge in [-0.05, 0) is 35.9 Å². The number of esters is 2. The molecule has 7 nitrogen and oxygen atoms in total. The van der Waals surface area contributed by atoms with Crippen LogP contribution in [0.3, 0.4) is 0 Å². The monoisotopic (exact) mass is 390 g/mol. The van der Waals surface area contributed by atoms with Crippen molar-refractivity contribution in [1.29, 1.82) is 0 Å². The fourth-order valence-electron chi connectivity index (χ4n) is 2.46. The van der Waals surface area contributed by atoms with Crippen LogP contribution in [0.5, 0.6) is 11.5 Å². The Kier molecular flexibility index (Phi) is 5.52. The smallest absolute Gasteiger partial charge is 0.342 e. The third-order valence-corrected chi connectivity index (χ3v) is 3.97. The van der Waals surface area contributed by atoms with Crippen molar-refractivity contribution in [3.05, 3.63) is 64.4 Å². The molecule has 2 aromatic carbocycles. The molecule has 0 saturated carbocycles. The molecule has 2 N–H and O–H groups in total. The van der Waals surface area contributed by atoms with Crippen LogP contribution >= 0.6 is 11.6 Å². The van der Waals surface area contributed by atoms with Gasteiger partial charge in [0.15, 0.2) is 11.5 Å². The molecular weight excluding hydrogens is 376 g/mol. The summed E-state index contributed by atoms with van der Waals surface area (Å²) in [7, 11) is 0. The molecule has 0 bridgehead atoms. The molecule has 0 saturated heterocycles. The number of rotatable bonds is 6. The van der Waals surface area contributed by atoms with Gasteiger partial charge in [-0.25, -0.2) is 9.59 Å². The summed E-state index contributed by atoms with van der Waals surface area (Å²) >= 11 is 5.95. The number of carbonyl (C=O) groups is 2. The van der Waals surface area contributed by atoms with Crippen LogP contribution in [0.2, 0.25) is 5.02 Å². The molecule has 0 atom stereocenters. The summed E-state index contributed by atoms with van der Waals surface area (Å²) < 4.78 is 15.6. The van der Waals surface area contributed by atoms with Crippen LogP contribution in [-0.2, 0) is 19.0 Å². The van der Waals surface area contributed by atoms with Crippen molar-refractivity contribution in [3.8, 4) is 11.5 Å². The van der Waals surface area contributed by atoms with Gasteiger partial charge in [0.05, 0.1) is 5.56 Å². The van der Waals surface area contributed by atoms with E-state index in [0.29, 0.717) is 16.3 Å². The highest BCUT2D eigenvalue weighted by atomic mass is 35.5. The topological polar surface area (TPSA) is 102 Å². The summed E-state index contributed by atoms with van der Waals surface area (Å²) in [4.78, 5) is 23.9. The predicted molar refractivity (Wildman–Crippen MR) is 95.3 cm³/mol. The summed E-state index contributed by atoms with van der Waals surface area (Å²) in [5.41, 5.74) is 0.951. The third kappa shape index (κ3) is 4.32. The maximum Gasteiger partial charge on any atom is 0.342 e. The van der Waals surface area contributed by atoms with Gasteiger partial charge in [0, 0.05) is 5.02 Å². The lowest BCUT2D eigenvalue weighted by Crippen LogP contribution is -2.11. The van der Waals surface area contributed by atoms with Crippen LogP contribution in [0, 0.1) is 0 Å². The highest BCUT2D eigenvalue weighted by Crippen LogP contribution is 2.28. The first-order valence-electron chi connectivity index (χ1n) is 7.94. The molecule has 0 spiro atoms. The molecule has 1 aliphatic rings. The van der Waals surface area contributed by atoms with E-state index in [4.69, 9.17) is 25.8 Å². The average molecular weight is 391 g/mol. The minimum atomic E-state index is -0.684. The lowest BCUT2D eigenvalue weighted by molar-refractivity contribution is -0.134. The minimum Gasteiger partial charge on any atom is -0.504 e. The Hall–Kier alpha value is -3.19. The lowest BCUT2D eigenvalue weighted by Gasteiger charge is -2.09. The van der Waals surface area contributed by atoms with Gasteiger partial charge in [0.25, 0.3) is 0 Å². The van der Waals surface area contributed by atoms with Gasteiger partial charge in [0.2, 0.25) is 0 Å². The second-order valence-corrected chi connectivity index (χ2v) is 6.01. The molecule has 0 aliphatic carbocycles. The second-order valence-electron chi connectivity index (χ2n) is 5.57. The van der Waals surface area contributed by atoms with Crippen molar-refractivity contribution in [2.24, 2.45) is 0 Å². The number of phenolic OH excluding ortho intramolecular Hbond substituents is 2. The van der Waals surface area contributed by atoms with E-state index >= 15 is 0 Å². The van der Waals surface area contributed by atoms with Gasteiger partial charge in [-0.1, -0.05) is 23.7 Å². The maximum atomic E-state index is 11.9. The molecule has 1 aliphatic heterocycles. The Morgan fingerprint density at radius 3 is 2.67 bits per heavy atom. The quantitative estimate of drug-likeness (QED) is 0.444. The van der Waals surface area contributed by atoms with Crippen LogP contribution in [0.4, 0.5) is 0 Å². The van der Waals surface area contributed by atoms with E-state index in [0.717, 1.165) is 6.07 Å². The zero-order valence-corrected chi connectivity index (χ0v) is 14.7. The van der Waals surface area contributed by atoms with Gasteiger partial charge in [-0.3, -0.25) is 0 Å². The van der Waals surface area contributed by atoms with Crippen LogP contribution in [0.15, 0.2) is 48.2 Å². The van der Waals surface area contributed by atoms with Crippen LogP contribution in [0.1, 0.15) is 15.9 Å². The Balaban J connectivity index is 1.59. The number of cyclic esters (lactones) is 1. The predicted octanol–water partition coefficient (Wildman–Crippen LogP) is 2.89. The van der Waals surface area contributed by atoms with E-state index in [1.165, 1.54) is 12.1 Å². The van der Waals surface area contributed by atoms with E-state index in [1.54, 1.807) is 24.3 Å². The van der Waals surface area contributed by atoms with Crippen molar-refractivity contribution >= 4 is 29.1 Å². The normalized spacial score (nSPS) is 13.4. The molecule has 0 amide bonds. The molecule has 1 heterocycles. The molecule has 8 heteroatoms. The Morgan fingerprint density at radius 1 is 1.11 bits per heavy atom. The molecule has 0 aromatic heterocycles. The fraction of sp³-hybridized carbons (Fsp3) is 0.158. The van der Waals surface area contributed by atoms with Crippen LogP contribution < -0.4 is 0 Å². The maximum absolute atomic E-state index is 11.9. The molecule has 27 heavy (non-hydrogen) atoms. The average Bonchev–Trinajstić information content (AvgIpc) is 3.01. The molecule has 0 fully saturated rings. The molecule has 2 aromatic rings. The highest BCUT2D eigenvalue weighted by molar-refractivity contribution is 6.31. The van der Waals surface area contributed by atoms with E-state index in [1.807, 2.05) is 0 Å². The van der Waals surface area contributed by atoms with Crippen molar-refractivity contribution in [3.63, 3.8) is 0 Å². The van der Waals surface area contributed by atoms with E-state index in [-0.39, 0.29) is 36.7 Å². The largest absolute Gasteiger partial charge is 0.504 e. The van der Waals surface area contributed by atoms with Gasteiger partial charge in [-0.2, -0.15) is 0 Å². The Morgan fingerprint density at radius 2 is 1.93 bits per heavy atom. The summed E-state index contributed by atoms with van der Waals surface area (Å²) in [6, 6.07) is 10.4. The standard InChI is InChI=1S/C19H15ClO7/c20-13-3-1-2-11(8-13)17-16(10-27-19(17)24)25-6-7-26-18(23)12-4-5-14(21)15(22)9-12/h1-5,8-9,21-22H,6-7,10H2. The number of benzene rings is 2. The van der Waals surface area contributed by atoms with Gasteiger partial charge in [-0.15, -0.1) is 0 Å². The minimum absolute atomic E-state index is 0.00580. The van der Waals surface area contributed by atoms with Crippen LogP contribution in [0.25, 0.3) is 5.57 Å². The first kappa shape index (κ1) is 18.6. The summed E-state index contributed by atoms with van der Waals surface area (Å²) in [5, 5.41) is 19.1. The number of hydrogen-bond acceptors (Lipinski definition) is 7. The summed E-state index contributed by atoms with van der Waals surface area (Å²) in [6.45, 7) is -0.0900. The zero-order chi connectivity index (χ0) is 19.4. The molecule has 0 radical (unpaired) electrons. The molecule has 0 unspecified atom stereocenters. The van der Waals surface area contributed by atoms with Crippen molar-refractivity contribution in [2.75, 3.05) is 19.8 Å². The SMILES string of the molecule is O=C1OCC(OCCOC(=O)c2ccc(O)c(O)c2)=C1c1cccc(Cl)c1. The molecular formula is C19H15ClO7. The third-order valence-electron chi connectivity index (χ3n) is 3.73. The number of halogens is 1. The van der Waals surface area contributed by atoms with E-state index in [2.05, 4.69) is 0 Å². The molecule has 3 rings (SSSR count). The highest BCUT2D eigenvalue weighted by Gasteiger charge is 2.28. The Bertz CT molecular complexity index is 920. The summed E-state index contributed by atoms with van der Waals surface area (Å²) in [5.74, 6) is -1.61. The van der Waals surface area contributed by atoms with Crippen molar-refractivity contribution < 1.29 is 34.0 Å². The number of phenols is 2. The van der Waals surface area contributed by atoms with E-state index in [9.17, 15) is 19.8 Å². The van der Waals surface area contributed by atoms with Gasteiger partial charge >= 0.3 is 11.9 Å². The number of hydrogen-bond donors (Lipinski definition) is 2. The first-order chi connectivity index (χ1) is 13.0. The van der Waals surface area contributed by atoms with Gasteiger partial charge in [0.1, 0.15) is 31.2 Å². The first-order valence-corrected chi connectivity index (χ1v) is 8.31.